The highest BCUT2D eigenvalue weighted by Crippen LogP contribution is 2.33. The van der Waals surface area contributed by atoms with E-state index in [1.807, 2.05) is 30.3 Å². The number of aryl methyl sites for hydroxylation is 1. The summed E-state index contributed by atoms with van der Waals surface area (Å²) in [5, 5.41) is 0.363. The van der Waals surface area contributed by atoms with E-state index in [4.69, 9.17) is 11.6 Å². The average Bonchev–Trinajstić information content (AvgIpc) is 3.20. The van der Waals surface area contributed by atoms with E-state index in [9.17, 15) is 18.6 Å². The number of rotatable bonds is 8. The van der Waals surface area contributed by atoms with Crippen LogP contribution in [0.3, 0.4) is 0 Å². The van der Waals surface area contributed by atoms with Crippen LogP contribution in [-0.4, -0.2) is 26.8 Å². The van der Waals surface area contributed by atoms with Crippen molar-refractivity contribution in [2.45, 2.75) is 18.4 Å². The van der Waals surface area contributed by atoms with Crippen LogP contribution in [0.15, 0.2) is 106 Å². The summed E-state index contributed by atoms with van der Waals surface area (Å²) in [5.74, 6) is -0.917. The number of nitrogens with zero attached hydrogens (tertiary/aromatic N) is 3. The van der Waals surface area contributed by atoms with Crippen molar-refractivity contribution in [3.8, 4) is 0 Å². The number of fused-ring (bicyclic) bond motifs is 1. The molecule has 0 saturated heterocycles. The third-order valence-electron chi connectivity index (χ3n) is 6.20. The molecule has 8 nitrogen and oxygen atoms in total. The van der Waals surface area contributed by atoms with E-state index >= 15 is 0 Å². The molecule has 1 aliphatic heterocycles. The van der Waals surface area contributed by atoms with E-state index in [0.717, 1.165) is 14.9 Å². The zero-order valence-corrected chi connectivity index (χ0v) is 22.4. The molecule has 1 unspecified atom stereocenters. The lowest BCUT2D eigenvalue weighted by molar-refractivity contribution is -0.113. The molecule has 1 heterocycles. The van der Waals surface area contributed by atoms with Gasteiger partial charge in [0.05, 0.1) is 33.9 Å². The minimum Gasteiger partial charge on any atom is -0.283 e. The zero-order chi connectivity index (χ0) is 27.6. The summed E-state index contributed by atoms with van der Waals surface area (Å²) in [6.45, 7) is 1.86. The van der Waals surface area contributed by atoms with E-state index < -0.39 is 21.7 Å². The van der Waals surface area contributed by atoms with Gasteiger partial charge in [0.15, 0.2) is 9.92 Å². The van der Waals surface area contributed by atoms with Gasteiger partial charge in [-0.05, 0) is 66.6 Å². The monoisotopic (exact) mass is 558 g/mol. The fourth-order valence-corrected chi connectivity index (χ4v) is 6.13. The lowest BCUT2D eigenvalue weighted by atomic mass is 10.1. The minimum absolute atomic E-state index is 0.127. The van der Waals surface area contributed by atoms with Gasteiger partial charge in [0, 0.05) is 5.02 Å². The van der Waals surface area contributed by atoms with Gasteiger partial charge < -0.3 is 0 Å². The van der Waals surface area contributed by atoms with Gasteiger partial charge in [0.25, 0.3) is 11.8 Å². The molecule has 4 aromatic carbocycles. The van der Waals surface area contributed by atoms with Crippen LogP contribution in [0.1, 0.15) is 31.8 Å². The van der Waals surface area contributed by atoms with Gasteiger partial charge in [0.2, 0.25) is 6.41 Å². The van der Waals surface area contributed by atoms with E-state index in [0.29, 0.717) is 33.3 Å². The van der Waals surface area contributed by atoms with Crippen LogP contribution in [0.4, 0.5) is 11.4 Å². The van der Waals surface area contributed by atoms with Crippen molar-refractivity contribution < 1.29 is 18.6 Å². The van der Waals surface area contributed by atoms with Crippen LogP contribution < -0.4 is 10.3 Å². The number of imide groups is 1. The molecular weight excluding hydrogens is 536 g/mol. The maximum atomic E-state index is 14.3. The Bertz CT molecular complexity index is 1700. The third-order valence-corrected chi connectivity index (χ3v) is 8.51. The van der Waals surface area contributed by atoms with Crippen molar-refractivity contribution in [1.29, 1.82) is 0 Å². The number of hydrogen-bond acceptors (Lipinski definition) is 6. The van der Waals surface area contributed by atoms with Crippen molar-refractivity contribution in [3.63, 3.8) is 0 Å². The van der Waals surface area contributed by atoms with Crippen molar-refractivity contribution in [1.82, 2.24) is 4.41 Å². The molecule has 4 aromatic rings. The van der Waals surface area contributed by atoms with Gasteiger partial charge in [-0.25, -0.2) is 13.5 Å². The fraction of sp³-hybridized carbons (Fsp3) is 0.0690. The van der Waals surface area contributed by atoms with Gasteiger partial charge >= 0.3 is 0 Å². The number of nitrogens with one attached hydrogen (secondary N) is 1. The van der Waals surface area contributed by atoms with Crippen molar-refractivity contribution >= 4 is 51.1 Å². The van der Waals surface area contributed by atoms with Crippen molar-refractivity contribution in [2.75, 3.05) is 10.3 Å². The first kappa shape index (κ1) is 26.1. The molecule has 0 spiro atoms. The highest BCUT2D eigenvalue weighted by atomic mass is 35.5. The topological polar surface area (TPSA) is 99.2 Å². The molecular formula is C29H23ClN4O4S. The molecule has 5 rings (SSSR count). The molecule has 1 aliphatic rings. The molecule has 0 aromatic heterocycles. The highest BCUT2D eigenvalue weighted by Gasteiger charge is 2.37. The smallest absolute Gasteiger partial charge is 0.266 e. The van der Waals surface area contributed by atoms with E-state index in [1.54, 1.807) is 61.5 Å². The van der Waals surface area contributed by atoms with Gasteiger partial charge in [0.1, 0.15) is 0 Å². The highest BCUT2D eigenvalue weighted by molar-refractivity contribution is 7.91. The number of carbonyl (C=O) groups is 3. The van der Waals surface area contributed by atoms with Gasteiger partial charge in [-0.3, -0.25) is 19.8 Å². The summed E-state index contributed by atoms with van der Waals surface area (Å²) in [7, 11) is -3.40. The maximum Gasteiger partial charge on any atom is 0.266 e. The Kier molecular flexibility index (Phi) is 7.19. The number of halogens is 1. The Hall–Kier alpha value is -4.47. The summed E-state index contributed by atoms with van der Waals surface area (Å²) in [6.07, 6.45) is 0.432. The van der Waals surface area contributed by atoms with E-state index in [1.165, 1.54) is 12.1 Å². The molecule has 0 fully saturated rings. The summed E-state index contributed by atoms with van der Waals surface area (Å²) in [5.41, 5.74) is 5.65. The molecule has 0 aliphatic carbocycles. The Morgan fingerprint density at radius 3 is 2.23 bits per heavy atom. The Morgan fingerprint density at radius 2 is 1.56 bits per heavy atom. The molecule has 0 radical (unpaired) electrons. The van der Waals surface area contributed by atoms with Crippen LogP contribution in [0, 0.1) is 6.92 Å². The quantitative estimate of drug-likeness (QED) is 0.165. The summed E-state index contributed by atoms with van der Waals surface area (Å²) in [6, 6.07) is 27.3. The second kappa shape index (κ2) is 10.7. The predicted molar refractivity (Wildman–Crippen MR) is 151 cm³/mol. The van der Waals surface area contributed by atoms with E-state index in [-0.39, 0.29) is 17.7 Å². The number of hydrogen-bond donors (Lipinski definition) is 1. The fourth-order valence-electron chi connectivity index (χ4n) is 4.28. The Balaban J connectivity index is 1.46. The number of carbonyl (C=O) groups excluding carboxylic acids is 3. The van der Waals surface area contributed by atoms with E-state index in [2.05, 4.69) is 9.79 Å². The zero-order valence-electron chi connectivity index (χ0n) is 20.8. The number of anilines is 2. The van der Waals surface area contributed by atoms with Crippen LogP contribution in [0.5, 0.6) is 0 Å². The normalized spacial score (nSPS) is 13.9. The number of amides is 3. The van der Waals surface area contributed by atoms with Crippen LogP contribution in [0.2, 0.25) is 5.02 Å². The third kappa shape index (κ3) is 5.01. The number of hydrazine groups is 1. The van der Waals surface area contributed by atoms with Gasteiger partial charge in [-0.1, -0.05) is 60.1 Å². The molecule has 39 heavy (non-hydrogen) atoms. The van der Waals surface area contributed by atoms with Crippen molar-refractivity contribution in [3.05, 3.63) is 124 Å². The first-order chi connectivity index (χ1) is 18.8. The molecule has 0 bridgehead atoms. The second-order valence-corrected chi connectivity index (χ2v) is 11.3. The number of benzene rings is 4. The average molecular weight is 559 g/mol. The standard InChI is InChI=1S/C29H23ClN4O4S/c1-20-16-23(13-15-27(20)34-28(36)25-14-12-22(30)17-26(25)29(34)37)32-33(19-35)39(38,24-10-6-3-7-11-24)31-18-21-8-4-2-5-9-21/h2-17,19,32H,18H2,1H3. The molecule has 0 saturated carbocycles. The molecule has 1 N–H and O–H groups in total. The Labute approximate surface area is 231 Å². The molecule has 3 amide bonds. The largest absolute Gasteiger partial charge is 0.283 e. The first-order valence-electron chi connectivity index (χ1n) is 11.9. The predicted octanol–water partition coefficient (Wildman–Crippen LogP) is 5.88. The van der Waals surface area contributed by atoms with Crippen LogP contribution in [0.25, 0.3) is 0 Å². The molecule has 1 atom stereocenters. The maximum absolute atomic E-state index is 14.3. The lowest BCUT2D eigenvalue weighted by Crippen LogP contribution is -2.35. The summed E-state index contributed by atoms with van der Waals surface area (Å²) >= 11 is 6.03. The molecule has 10 heteroatoms. The van der Waals surface area contributed by atoms with Gasteiger partial charge in [-0.2, -0.15) is 4.41 Å². The minimum atomic E-state index is -3.40. The SMILES string of the molecule is Cc1cc(NN(C=O)S(=O)(=NCc2ccccc2)c2ccccc2)ccc1N1C(=O)c2ccc(Cl)cc2C1=O. The lowest BCUT2D eigenvalue weighted by Gasteiger charge is -2.25. The molecule has 196 valence electrons. The summed E-state index contributed by atoms with van der Waals surface area (Å²) < 4.78 is 19.7. The van der Waals surface area contributed by atoms with Crippen LogP contribution >= 0.6 is 11.6 Å². The summed E-state index contributed by atoms with van der Waals surface area (Å²) in [4.78, 5) is 39.7. The second-order valence-electron chi connectivity index (χ2n) is 8.76. The first-order valence-corrected chi connectivity index (χ1v) is 13.8. The van der Waals surface area contributed by atoms with Gasteiger partial charge in [-0.15, -0.1) is 0 Å². The van der Waals surface area contributed by atoms with Crippen LogP contribution in [-0.2, 0) is 21.3 Å². The van der Waals surface area contributed by atoms with Crippen molar-refractivity contribution in [2.24, 2.45) is 4.36 Å². The Morgan fingerprint density at radius 1 is 0.897 bits per heavy atom.